The monoisotopic (exact) mass is 448 g/mol. The summed E-state index contributed by atoms with van der Waals surface area (Å²) in [5.41, 5.74) is 4.29. The third-order valence-electron chi connectivity index (χ3n) is 6.67. The molecule has 2 aliphatic heterocycles. The fourth-order valence-corrected chi connectivity index (χ4v) is 5.01. The Balaban J connectivity index is 1.87. The van der Waals surface area contributed by atoms with Crippen LogP contribution in [0.15, 0.2) is 42.1 Å². The van der Waals surface area contributed by atoms with Crippen LogP contribution in [0.2, 0.25) is 0 Å². The van der Waals surface area contributed by atoms with E-state index >= 15 is 0 Å². The Labute approximate surface area is 195 Å². The molecule has 2 aromatic carbocycles. The zero-order chi connectivity index (χ0) is 23.9. The number of hydrogen-bond acceptors (Lipinski definition) is 5. The fraction of sp³-hybridized carbons (Fsp3) is 0.407. The smallest absolute Gasteiger partial charge is 0.282 e. The normalized spacial score (nSPS) is 21.2. The molecule has 0 radical (unpaired) electrons. The molecule has 0 spiro atoms. The van der Waals surface area contributed by atoms with Gasteiger partial charge in [0.05, 0.1) is 25.5 Å². The summed E-state index contributed by atoms with van der Waals surface area (Å²) >= 11 is 0. The summed E-state index contributed by atoms with van der Waals surface area (Å²) in [6.07, 6.45) is 1.11. The molecule has 0 bridgehead atoms. The predicted octanol–water partition coefficient (Wildman–Crippen LogP) is 4.58. The average Bonchev–Trinajstić information content (AvgIpc) is 3.04. The quantitative estimate of drug-likeness (QED) is 0.627. The highest BCUT2D eigenvalue weighted by Gasteiger charge is 2.44. The van der Waals surface area contributed by atoms with Crippen molar-refractivity contribution in [3.05, 3.63) is 58.8 Å². The molecule has 2 heterocycles. The second-order valence-corrected chi connectivity index (χ2v) is 9.36. The van der Waals surface area contributed by atoms with Crippen LogP contribution in [-0.2, 0) is 9.59 Å². The third-order valence-corrected chi connectivity index (χ3v) is 6.67. The maximum Gasteiger partial charge on any atom is 0.282 e. The van der Waals surface area contributed by atoms with Gasteiger partial charge >= 0.3 is 0 Å². The number of nitrogens with zero attached hydrogens (tertiary/aromatic N) is 2. The molecular weight excluding hydrogens is 416 g/mol. The summed E-state index contributed by atoms with van der Waals surface area (Å²) in [6, 6.07) is 11.1. The van der Waals surface area contributed by atoms with Crippen molar-refractivity contribution < 1.29 is 19.1 Å². The van der Waals surface area contributed by atoms with Gasteiger partial charge in [0.1, 0.15) is 5.70 Å². The number of aryl methyl sites for hydroxylation is 2. The van der Waals surface area contributed by atoms with Crippen molar-refractivity contribution in [3.8, 4) is 11.5 Å². The van der Waals surface area contributed by atoms with Crippen molar-refractivity contribution in [1.82, 2.24) is 4.90 Å². The van der Waals surface area contributed by atoms with E-state index in [1.165, 1.54) is 4.90 Å². The molecule has 0 aromatic heterocycles. The first-order valence-electron chi connectivity index (χ1n) is 11.4. The van der Waals surface area contributed by atoms with Crippen molar-refractivity contribution >= 4 is 23.1 Å². The Hall–Kier alpha value is -3.28. The molecule has 174 valence electrons. The molecule has 6 heteroatoms. The van der Waals surface area contributed by atoms with E-state index in [0.29, 0.717) is 45.9 Å². The van der Waals surface area contributed by atoms with E-state index in [1.807, 2.05) is 38.1 Å². The molecule has 2 atom stereocenters. The predicted molar refractivity (Wildman–Crippen MR) is 129 cm³/mol. The topological polar surface area (TPSA) is 59.1 Å². The van der Waals surface area contributed by atoms with Gasteiger partial charge in [-0.25, -0.2) is 4.90 Å². The van der Waals surface area contributed by atoms with Crippen LogP contribution in [0, 0.1) is 25.7 Å². The van der Waals surface area contributed by atoms with Crippen LogP contribution in [0.4, 0.5) is 5.69 Å². The Morgan fingerprint density at radius 1 is 0.818 bits per heavy atom. The molecule has 1 saturated heterocycles. The number of methoxy groups -OCH3 is 2. The summed E-state index contributed by atoms with van der Waals surface area (Å²) < 4.78 is 10.9. The van der Waals surface area contributed by atoms with Crippen LogP contribution in [0.3, 0.4) is 0 Å². The number of ether oxygens (including phenoxy) is 2. The molecule has 4 rings (SSSR count). The minimum Gasteiger partial charge on any atom is -0.493 e. The highest BCUT2D eigenvalue weighted by atomic mass is 16.5. The Morgan fingerprint density at radius 2 is 1.48 bits per heavy atom. The van der Waals surface area contributed by atoms with Crippen LogP contribution < -0.4 is 14.4 Å². The van der Waals surface area contributed by atoms with Crippen molar-refractivity contribution in [1.29, 1.82) is 0 Å². The van der Waals surface area contributed by atoms with Crippen LogP contribution >= 0.6 is 0 Å². The second-order valence-electron chi connectivity index (χ2n) is 9.36. The number of rotatable bonds is 5. The second kappa shape index (κ2) is 8.93. The van der Waals surface area contributed by atoms with Gasteiger partial charge in [0.2, 0.25) is 0 Å². The van der Waals surface area contributed by atoms with Crippen molar-refractivity contribution in [3.63, 3.8) is 0 Å². The summed E-state index contributed by atoms with van der Waals surface area (Å²) in [5, 5.41) is 0. The number of carbonyl (C=O) groups is 2. The molecule has 2 aliphatic rings. The molecule has 0 aliphatic carbocycles. The van der Waals surface area contributed by atoms with Crippen LogP contribution in [0.25, 0.3) is 5.57 Å². The number of benzene rings is 2. The Morgan fingerprint density at radius 3 is 2.09 bits per heavy atom. The van der Waals surface area contributed by atoms with E-state index in [9.17, 15) is 9.59 Å². The van der Waals surface area contributed by atoms with Gasteiger partial charge in [-0.3, -0.25) is 9.59 Å². The Bertz CT molecular complexity index is 1130. The lowest BCUT2D eigenvalue weighted by atomic mass is 9.91. The molecule has 6 nitrogen and oxygen atoms in total. The van der Waals surface area contributed by atoms with Crippen LogP contribution in [0.5, 0.6) is 11.5 Å². The number of anilines is 1. The van der Waals surface area contributed by atoms with E-state index in [2.05, 4.69) is 18.7 Å². The molecule has 1 fully saturated rings. The minimum atomic E-state index is -0.309. The highest BCUT2D eigenvalue weighted by Crippen LogP contribution is 2.40. The summed E-state index contributed by atoms with van der Waals surface area (Å²) in [5.74, 6) is 1.39. The van der Waals surface area contributed by atoms with Gasteiger partial charge in [0.15, 0.2) is 11.5 Å². The maximum absolute atomic E-state index is 13.8. The van der Waals surface area contributed by atoms with Crippen molar-refractivity contribution in [2.45, 2.75) is 34.1 Å². The van der Waals surface area contributed by atoms with E-state index in [1.54, 1.807) is 26.4 Å². The fourth-order valence-electron chi connectivity index (χ4n) is 5.01. The number of amides is 2. The number of likely N-dealkylation sites (tertiary alicyclic amines) is 1. The lowest BCUT2D eigenvalue weighted by Gasteiger charge is -2.37. The summed E-state index contributed by atoms with van der Waals surface area (Å²) in [7, 11) is 3.14. The van der Waals surface area contributed by atoms with Crippen LogP contribution in [0.1, 0.15) is 37.0 Å². The number of hydrogen-bond donors (Lipinski definition) is 0. The average molecular weight is 449 g/mol. The van der Waals surface area contributed by atoms with E-state index < -0.39 is 0 Å². The van der Waals surface area contributed by atoms with Gasteiger partial charge < -0.3 is 14.4 Å². The van der Waals surface area contributed by atoms with Gasteiger partial charge in [-0.15, -0.1) is 0 Å². The number of imide groups is 1. The van der Waals surface area contributed by atoms with Gasteiger partial charge in [0, 0.05) is 13.1 Å². The molecule has 33 heavy (non-hydrogen) atoms. The Kier molecular flexibility index (Phi) is 6.19. The molecule has 2 unspecified atom stereocenters. The molecule has 2 aromatic rings. The molecule has 2 amide bonds. The van der Waals surface area contributed by atoms with Crippen LogP contribution in [-0.4, -0.2) is 44.0 Å². The van der Waals surface area contributed by atoms with E-state index in [-0.39, 0.29) is 11.8 Å². The minimum absolute atomic E-state index is 0.269. The molecular formula is C27H32N2O4. The lowest BCUT2D eigenvalue weighted by Crippen LogP contribution is -2.42. The summed E-state index contributed by atoms with van der Waals surface area (Å²) in [4.78, 5) is 31.1. The van der Waals surface area contributed by atoms with Gasteiger partial charge in [-0.2, -0.15) is 0 Å². The zero-order valence-corrected chi connectivity index (χ0v) is 20.3. The number of carbonyl (C=O) groups excluding carboxylic acids is 2. The first-order chi connectivity index (χ1) is 15.7. The zero-order valence-electron chi connectivity index (χ0n) is 20.3. The molecule has 0 saturated carbocycles. The van der Waals surface area contributed by atoms with Gasteiger partial charge in [0.25, 0.3) is 11.8 Å². The largest absolute Gasteiger partial charge is 0.493 e. The van der Waals surface area contributed by atoms with E-state index in [4.69, 9.17) is 9.47 Å². The van der Waals surface area contributed by atoms with Gasteiger partial charge in [-0.05, 0) is 73.1 Å². The van der Waals surface area contributed by atoms with E-state index in [0.717, 1.165) is 30.6 Å². The first kappa shape index (κ1) is 22.9. The van der Waals surface area contributed by atoms with Gasteiger partial charge in [-0.1, -0.05) is 26.0 Å². The molecule has 0 N–H and O–H groups in total. The lowest BCUT2D eigenvalue weighted by molar-refractivity contribution is -0.120. The summed E-state index contributed by atoms with van der Waals surface area (Å²) in [6.45, 7) is 9.89. The number of piperidine rings is 1. The highest BCUT2D eigenvalue weighted by molar-refractivity contribution is 6.45. The van der Waals surface area contributed by atoms with Crippen molar-refractivity contribution in [2.24, 2.45) is 11.8 Å². The standard InChI is InChI=1S/C27H32N2O4/c1-16-11-17(2)15-28(14-16)25-24(20-8-10-22(32-5)23(13-20)33-6)26(30)29(27(25)31)21-9-7-18(3)19(4)12-21/h7-10,12-13,16-17H,11,14-15H2,1-6H3. The third kappa shape index (κ3) is 4.10. The first-order valence-corrected chi connectivity index (χ1v) is 11.4. The maximum atomic E-state index is 13.8. The SMILES string of the molecule is COc1ccc(C2=C(N3CC(C)CC(C)C3)C(=O)N(c3ccc(C)c(C)c3)C2=O)cc1OC. The van der Waals surface area contributed by atoms with Crippen molar-refractivity contribution in [2.75, 3.05) is 32.2 Å².